The van der Waals surface area contributed by atoms with Gasteiger partial charge in [0.05, 0.1) is 5.69 Å². The fourth-order valence-corrected chi connectivity index (χ4v) is 2.26. The van der Waals surface area contributed by atoms with Crippen LogP contribution in [-0.2, 0) is 0 Å². The van der Waals surface area contributed by atoms with Crippen LogP contribution in [0.15, 0.2) is 36.9 Å². The summed E-state index contributed by atoms with van der Waals surface area (Å²) in [7, 11) is 0. The highest BCUT2D eigenvalue weighted by atomic mass is 15.3. The quantitative estimate of drug-likeness (QED) is 0.856. The normalized spacial score (nSPS) is 19.7. The lowest BCUT2D eigenvalue weighted by Gasteiger charge is -2.24. The molecule has 5 heteroatoms. The summed E-state index contributed by atoms with van der Waals surface area (Å²) < 4.78 is 1.76. The van der Waals surface area contributed by atoms with Crippen LogP contribution in [0.1, 0.15) is 12.8 Å². The Hall–Kier alpha value is -1.88. The van der Waals surface area contributed by atoms with Gasteiger partial charge in [-0.3, -0.25) is 0 Å². The smallest absolute Gasteiger partial charge is 0.138 e. The van der Waals surface area contributed by atoms with Crippen molar-refractivity contribution in [3.63, 3.8) is 0 Å². The van der Waals surface area contributed by atoms with Crippen molar-refractivity contribution in [1.29, 1.82) is 0 Å². The second kappa shape index (κ2) is 5.18. The molecule has 3 rings (SSSR count). The molecule has 94 valence electrons. The Bertz CT molecular complexity index is 471. The molecule has 1 aromatic heterocycles. The van der Waals surface area contributed by atoms with E-state index in [2.05, 4.69) is 32.8 Å². The van der Waals surface area contributed by atoms with Gasteiger partial charge in [0.15, 0.2) is 0 Å². The third-order valence-corrected chi connectivity index (χ3v) is 3.22. The van der Waals surface area contributed by atoms with E-state index in [0.29, 0.717) is 6.04 Å². The van der Waals surface area contributed by atoms with E-state index in [9.17, 15) is 0 Å². The first-order valence-electron chi connectivity index (χ1n) is 6.34. The predicted octanol–water partition coefficient (Wildman–Crippen LogP) is 1.43. The maximum absolute atomic E-state index is 4.11. The van der Waals surface area contributed by atoms with E-state index < -0.39 is 0 Å². The Balaban J connectivity index is 1.67. The number of hydrogen-bond donors (Lipinski definition) is 2. The van der Waals surface area contributed by atoms with Crippen molar-refractivity contribution in [2.24, 2.45) is 0 Å². The van der Waals surface area contributed by atoms with Crippen LogP contribution in [-0.4, -0.2) is 33.9 Å². The zero-order valence-electron chi connectivity index (χ0n) is 10.2. The van der Waals surface area contributed by atoms with Crippen LogP contribution in [0.5, 0.6) is 0 Å². The van der Waals surface area contributed by atoms with Crippen LogP contribution in [0.4, 0.5) is 5.69 Å². The number of nitrogens with one attached hydrogen (secondary N) is 2. The second-order valence-corrected chi connectivity index (χ2v) is 4.57. The van der Waals surface area contributed by atoms with Crippen LogP contribution in [0, 0.1) is 0 Å². The highest BCUT2D eigenvalue weighted by Crippen LogP contribution is 2.15. The third kappa shape index (κ3) is 2.51. The van der Waals surface area contributed by atoms with Gasteiger partial charge in [0.25, 0.3) is 0 Å². The Morgan fingerprint density at radius 1 is 1.28 bits per heavy atom. The maximum atomic E-state index is 4.11. The topological polar surface area (TPSA) is 54.8 Å². The van der Waals surface area contributed by atoms with Gasteiger partial charge in [0.1, 0.15) is 12.7 Å². The molecule has 1 aliphatic heterocycles. The molecule has 18 heavy (non-hydrogen) atoms. The monoisotopic (exact) mass is 243 g/mol. The number of benzene rings is 1. The van der Waals surface area contributed by atoms with Crippen molar-refractivity contribution in [2.75, 3.05) is 18.4 Å². The van der Waals surface area contributed by atoms with E-state index in [1.807, 2.05) is 12.1 Å². The number of rotatable bonds is 3. The summed E-state index contributed by atoms with van der Waals surface area (Å²) in [6.07, 6.45) is 5.72. The number of piperidine rings is 1. The summed E-state index contributed by atoms with van der Waals surface area (Å²) in [5, 5.41) is 11.1. The number of hydrogen-bond acceptors (Lipinski definition) is 4. The van der Waals surface area contributed by atoms with Gasteiger partial charge in [-0.2, -0.15) is 5.10 Å². The van der Waals surface area contributed by atoms with Crippen molar-refractivity contribution < 1.29 is 0 Å². The van der Waals surface area contributed by atoms with E-state index in [4.69, 9.17) is 0 Å². The minimum Gasteiger partial charge on any atom is -0.381 e. The standard InChI is InChI=1S/C13H17N5/c1-2-12(8-14-7-1)17-11-3-5-13(6-4-11)18-10-15-9-16-18/h3-6,9-10,12,14,17H,1-2,7-8H2. The maximum Gasteiger partial charge on any atom is 0.138 e. The molecule has 1 unspecified atom stereocenters. The average Bonchev–Trinajstić information content (AvgIpc) is 2.95. The van der Waals surface area contributed by atoms with Crippen molar-refractivity contribution in [3.05, 3.63) is 36.9 Å². The molecular weight excluding hydrogens is 226 g/mol. The van der Waals surface area contributed by atoms with E-state index in [-0.39, 0.29) is 0 Å². The van der Waals surface area contributed by atoms with E-state index >= 15 is 0 Å². The highest BCUT2D eigenvalue weighted by Gasteiger charge is 2.12. The van der Waals surface area contributed by atoms with Crippen molar-refractivity contribution in [1.82, 2.24) is 20.1 Å². The summed E-state index contributed by atoms with van der Waals surface area (Å²) in [6, 6.07) is 8.81. The van der Waals surface area contributed by atoms with E-state index in [0.717, 1.165) is 24.5 Å². The van der Waals surface area contributed by atoms with Crippen LogP contribution in [0.3, 0.4) is 0 Å². The first-order chi connectivity index (χ1) is 8.92. The molecule has 0 bridgehead atoms. The molecule has 1 saturated heterocycles. The van der Waals surface area contributed by atoms with Gasteiger partial charge in [-0.25, -0.2) is 9.67 Å². The first-order valence-corrected chi connectivity index (χ1v) is 6.34. The lowest BCUT2D eigenvalue weighted by Crippen LogP contribution is -2.38. The lowest BCUT2D eigenvalue weighted by molar-refractivity contribution is 0.480. The second-order valence-electron chi connectivity index (χ2n) is 4.57. The summed E-state index contributed by atoms with van der Waals surface area (Å²) in [5.41, 5.74) is 2.19. The molecule has 0 spiro atoms. The van der Waals surface area contributed by atoms with Gasteiger partial charge in [-0.15, -0.1) is 0 Å². The van der Waals surface area contributed by atoms with Crippen LogP contribution < -0.4 is 10.6 Å². The van der Waals surface area contributed by atoms with Gasteiger partial charge in [0, 0.05) is 18.3 Å². The molecule has 1 aliphatic rings. The molecule has 0 aliphatic carbocycles. The fourth-order valence-electron chi connectivity index (χ4n) is 2.26. The molecule has 0 amide bonds. The Morgan fingerprint density at radius 2 is 2.17 bits per heavy atom. The van der Waals surface area contributed by atoms with Crippen LogP contribution in [0.25, 0.3) is 5.69 Å². The molecule has 0 radical (unpaired) electrons. The molecule has 2 aromatic rings. The van der Waals surface area contributed by atoms with Gasteiger partial charge >= 0.3 is 0 Å². The minimum absolute atomic E-state index is 0.538. The van der Waals surface area contributed by atoms with Crippen LogP contribution in [0.2, 0.25) is 0 Å². The largest absolute Gasteiger partial charge is 0.381 e. The lowest BCUT2D eigenvalue weighted by atomic mass is 10.1. The molecule has 1 atom stereocenters. The van der Waals surface area contributed by atoms with Gasteiger partial charge < -0.3 is 10.6 Å². The number of anilines is 1. The fraction of sp³-hybridized carbons (Fsp3) is 0.385. The van der Waals surface area contributed by atoms with Crippen molar-refractivity contribution >= 4 is 5.69 Å². The van der Waals surface area contributed by atoms with Crippen molar-refractivity contribution in [2.45, 2.75) is 18.9 Å². The average molecular weight is 243 g/mol. The summed E-state index contributed by atoms with van der Waals surface area (Å²) in [4.78, 5) is 3.94. The van der Waals surface area contributed by atoms with Gasteiger partial charge in [-0.1, -0.05) is 0 Å². The zero-order valence-corrected chi connectivity index (χ0v) is 10.2. The van der Waals surface area contributed by atoms with E-state index in [1.54, 1.807) is 17.3 Å². The van der Waals surface area contributed by atoms with E-state index in [1.165, 1.54) is 12.8 Å². The van der Waals surface area contributed by atoms with Crippen molar-refractivity contribution in [3.8, 4) is 5.69 Å². The first kappa shape index (κ1) is 11.2. The van der Waals surface area contributed by atoms with Gasteiger partial charge in [0.2, 0.25) is 0 Å². The molecule has 1 fully saturated rings. The Morgan fingerprint density at radius 3 is 2.83 bits per heavy atom. The molecule has 1 aromatic carbocycles. The zero-order chi connectivity index (χ0) is 12.2. The number of nitrogens with zero attached hydrogens (tertiary/aromatic N) is 3. The van der Waals surface area contributed by atoms with Crippen LogP contribution >= 0.6 is 0 Å². The predicted molar refractivity (Wildman–Crippen MR) is 70.9 cm³/mol. The number of aromatic nitrogens is 3. The Labute approximate surface area is 106 Å². The summed E-state index contributed by atoms with van der Waals surface area (Å²) >= 11 is 0. The highest BCUT2D eigenvalue weighted by molar-refractivity contribution is 5.49. The molecule has 2 heterocycles. The SMILES string of the molecule is c1ncn(-c2ccc(NC3CCCNC3)cc2)n1. The summed E-state index contributed by atoms with van der Waals surface area (Å²) in [5.74, 6) is 0. The molecule has 5 nitrogen and oxygen atoms in total. The minimum atomic E-state index is 0.538. The molecular formula is C13H17N5. The molecule has 2 N–H and O–H groups in total. The third-order valence-electron chi connectivity index (χ3n) is 3.22. The summed E-state index contributed by atoms with van der Waals surface area (Å²) in [6.45, 7) is 2.19. The van der Waals surface area contributed by atoms with Gasteiger partial charge in [-0.05, 0) is 43.7 Å². The molecule has 0 saturated carbocycles. The Kier molecular flexibility index (Phi) is 3.23.